The number of aromatic nitrogens is 2. The number of carbonyl (C=O) groups excluding carboxylic acids is 2. The van der Waals surface area contributed by atoms with E-state index in [1.165, 1.54) is 6.07 Å². The highest BCUT2D eigenvalue weighted by molar-refractivity contribution is 6.07. The molecular weight excluding hydrogens is 378 g/mol. The molecule has 0 saturated heterocycles. The molecule has 148 valence electrons. The maximum Gasteiger partial charge on any atom is 0.291 e. The molecule has 0 bridgehead atoms. The largest absolute Gasteiger partial charge is 0.323 e. The summed E-state index contributed by atoms with van der Waals surface area (Å²) in [7, 11) is 0. The van der Waals surface area contributed by atoms with Gasteiger partial charge in [-0.25, -0.2) is 13.8 Å². The number of hydrogen-bond acceptors (Lipinski definition) is 3. The van der Waals surface area contributed by atoms with Crippen LogP contribution < -0.4 is 10.6 Å². The van der Waals surface area contributed by atoms with Crippen LogP contribution in [-0.4, -0.2) is 21.4 Å². The summed E-state index contributed by atoms with van der Waals surface area (Å²) in [6.45, 7) is 0.582. The molecule has 2 amide bonds. The van der Waals surface area contributed by atoms with Gasteiger partial charge in [0, 0.05) is 24.0 Å². The van der Waals surface area contributed by atoms with E-state index in [-0.39, 0.29) is 17.2 Å². The van der Waals surface area contributed by atoms with Crippen molar-refractivity contribution in [1.29, 1.82) is 0 Å². The maximum atomic E-state index is 13.4. The molecule has 2 heterocycles. The molecule has 0 atom stereocenters. The second kappa shape index (κ2) is 7.83. The number of anilines is 2. The lowest BCUT2D eigenvalue weighted by Gasteiger charge is -2.17. The third-order valence-corrected chi connectivity index (χ3v) is 4.75. The molecule has 8 heteroatoms. The molecule has 1 aromatic heterocycles. The molecule has 1 aliphatic heterocycles. The molecule has 2 aromatic carbocycles. The van der Waals surface area contributed by atoms with Crippen molar-refractivity contribution in [3.05, 3.63) is 77.4 Å². The van der Waals surface area contributed by atoms with Crippen LogP contribution in [-0.2, 0) is 13.0 Å². The van der Waals surface area contributed by atoms with E-state index in [1.807, 2.05) is 6.07 Å². The van der Waals surface area contributed by atoms with Crippen molar-refractivity contribution in [2.45, 2.75) is 25.8 Å². The van der Waals surface area contributed by atoms with Crippen molar-refractivity contribution in [3.63, 3.8) is 0 Å². The first-order chi connectivity index (χ1) is 14.0. The van der Waals surface area contributed by atoms with Crippen molar-refractivity contribution >= 4 is 23.2 Å². The second-order valence-electron chi connectivity index (χ2n) is 6.74. The van der Waals surface area contributed by atoms with E-state index in [0.29, 0.717) is 24.3 Å². The topological polar surface area (TPSA) is 76.0 Å². The number of nitrogens with one attached hydrogen (secondary N) is 2. The Morgan fingerprint density at radius 3 is 2.41 bits per heavy atom. The lowest BCUT2D eigenvalue weighted by molar-refractivity contribution is 0.101. The molecule has 0 saturated carbocycles. The summed E-state index contributed by atoms with van der Waals surface area (Å²) in [5.41, 5.74) is 1.52. The predicted molar refractivity (Wildman–Crippen MR) is 104 cm³/mol. The Morgan fingerprint density at radius 1 is 0.897 bits per heavy atom. The van der Waals surface area contributed by atoms with Gasteiger partial charge in [-0.3, -0.25) is 9.59 Å². The zero-order valence-corrected chi connectivity index (χ0v) is 15.4. The standard InChI is InChI=1S/C21H18F2N4O2/c22-15-10-9-14(12-16(15)23)25-20(28)18-17-8-4-5-11-27(17)19(26-18)21(29)24-13-6-2-1-3-7-13/h1-3,6-7,9-10,12H,4-5,8,11H2,(H,24,29)(H,25,28). The van der Waals surface area contributed by atoms with Crippen molar-refractivity contribution in [2.24, 2.45) is 0 Å². The molecule has 0 unspecified atom stereocenters. The Morgan fingerprint density at radius 2 is 1.66 bits per heavy atom. The van der Waals surface area contributed by atoms with Crippen LogP contribution in [0, 0.1) is 11.6 Å². The van der Waals surface area contributed by atoms with Gasteiger partial charge in [0.1, 0.15) is 0 Å². The first-order valence-electron chi connectivity index (χ1n) is 9.25. The van der Waals surface area contributed by atoms with E-state index in [4.69, 9.17) is 0 Å². The number of rotatable bonds is 4. The molecule has 3 aromatic rings. The summed E-state index contributed by atoms with van der Waals surface area (Å²) in [6, 6.07) is 12.1. The van der Waals surface area contributed by atoms with E-state index in [9.17, 15) is 18.4 Å². The first-order valence-corrected chi connectivity index (χ1v) is 9.25. The van der Waals surface area contributed by atoms with Crippen LogP contribution in [0.25, 0.3) is 0 Å². The minimum absolute atomic E-state index is 0.113. The van der Waals surface area contributed by atoms with Gasteiger partial charge in [-0.05, 0) is 43.5 Å². The lowest BCUT2D eigenvalue weighted by atomic mass is 10.1. The smallest absolute Gasteiger partial charge is 0.291 e. The normalized spacial score (nSPS) is 12.9. The van der Waals surface area contributed by atoms with Crippen LogP contribution >= 0.6 is 0 Å². The maximum absolute atomic E-state index is 13.4. The van der Waals surface area contributed by atoms with Gasteiger partial charge < -0.3 is 15.2 Å². The summed E-state index contributed by atoms with van der Waals surface area (Å²) in [6.07, 6.45) is 2.35. The Bertz CT molecular complexity index is 1080. The number of benzene rings is 2. The number of nitrogens with zero attached hydrogens (tertiary/aromatic N) is 2. The Hall–Kier alpha value is -3.55. The number of halogens is 2. The molecule has 29 heavy (non-hydrogen) atoms. The summed E-state index contributed by atoms with van der Waals surface area (Å²) < 4.78 is 28.3. The van der Waals surface area contributed by atoms with Crippen LogP contribution in [0.3, 0.4) is 0 Å². The zero-order chi connectivity index (χ0) is 20.4. The number of fused-ring (bicyclic) bond motifs is 1. The van der Waals surface area contributed by atoms with E-state index < -0.39 is 23.4 Å². The monoisotopic (exact) mass is 396 g/mol. The minimum Gasteiger partial charge on any atom is -0.323 e. The molecule has 0 aliphatic carbocycles. The molecule has 0 fully saturated rings. The van der Waals surface area contributed by atoms with Crippen LogP contribution in [0.1, 0.15) is 39.6 Å². The molecule has 1 aliphatic rings. The van der Waals surface area contributed by atoms with Gasteiger partial charge in [-0.15, -0.1) is 0 Å². The highest BCUT2D eigenvalue weighted by Gasteiger charge is 2.27. The summed E-state index contributed by atoms with van der Waals surface area (Å²) in [4.78, 5) is 29.8. The fraction of sp³-hybridized carbons (Fsp3) is 0.190. The number of amides is 2. The zero-order valence-electron chi connectivity index (χ0n) is 15.4. The average Bonchev–Trinajstić information content (AvgIpc) is 3.11. The summed E-state index contributed by atoms with van der Waals surface area (Å²) in [5, 5.41) is 5.30. The van der Waals surface area contributed by atoms with Gasteiger partial charge in [-0.1, -0.05) is 18.2 Å². The fourth-order valence-electron chi connectivity index (χ4n) is 3.37. The number of para-hydroxylation sites is 1. The van der Waals surface area contributed by atoms with E-state index in [0.717, 1.165) is 25.0 Å². The molecule has 0 spiro atoms. The number of carbonyl (C=O) groups is 2. The van der Waals surface area contributed by atoms with Gasteiger partial charge in [0.05, 0.1) is 5.69 Å². The van der Waals surface area contributed by atoms with Crippen molar-refractivity contribution in [2.75, 3.05) is 10.6 Å². The summed E-state index contributed by atoms with van der Waals surface area (Å²) in [5.74, 6) is -2.88. The van der Waals surface area contributed by atoms with Gasteiger partial charge in [0.2, 0.25) is 0 Å². The van der Waals surface area contributed by atoms with Gasteiger partial charge in [0.15, 0.2) is 23.2 Å². The van der Waals surface area contributed by atoms with E-state index >= 15 is 0 Å². The third-order valence-electron chi connectivity index (χ3n) is 4.75. The average molecular weight is 396 g/mol. The van der Waals surface area contributed by atoms with Crippen molar-refractivity contribution in [1.82, 2.24) is 9.55 Å². The SMILES string of the molecule is O=C(Nc1ccc(F)c(F)c1)c1nc(C(=O)Nc2ccccc2)n2c1CCCC2. The van der Waals surface area contributed by atoms with E-state index in [2.05, 4.69) is 15.6 Å². The molecule has 2 N–H and O–H groups in total. The Kier molecular flexibility index (Phi) is 5.07. The number of imidazole rings is 1. The predicted octanol–water partition coefficient (Wildman–Crippen LogP) is 4.00. The van der Waals surface area contributed by atoms with Crippen LogP contribution in [0.4, 0.5) is 20.2 Å². The molecule has 6 nitrogen and oxygen atoms in total. The Balaban J connectivity index is 1.62. The highest BCUT2D eigenvalue weighted by Crippen LogP contribution is 2.23. The van der Waals surface area contributed by atoms with Crippen molar-refractivity contribution < 1.29 is 18.4 Å². The quantitative estimate of drug-likeness (QED) is 0.700. The van der Waals surface area contributed by atoms with Gasteiger partial charge >= 0.3 is 0 Å². The summed E-state index contributed by atoms with van der Waals surface area (Å²) >= 11 is 0. The van der Waals surface area contributed by atoms with Gasteiger partial charge in [0.25, 0.3) is 11.8 Å². The minimum atomic E-state index is -1.06. The van der Waals surface area contributed by atoms with Crippen LogP contribution in [0.5, 0.6) is 0 Å². The third kappa shape index (κ3) is 3.87. The Labute approximate surface area is 165 Å². The molecular formula is C21H18F2N4O2. The highest BCUT2D eigenvalue weighted by atomic mass is 19.2. The van der Waals surface area contributed by atoms with E-state index in [1.54, 1.807) is 28.8 Å². The van der Waals surface area contributed by atoms with Crippen LogP contribution in [0.15, 0.2) is 48.5 Å². The fourth-order valence-corrected chi connectivity index (χ4v) is 3.37. The molecule has 4 rings (SSSR count). The first kappa shape index (κ1) is 18.8. The molecule has 0 radical (unpaired) electrons. The van der Waals surface area contributed by atoms with Crippen molar-refractivity contribution in [3.8, 4) is 0 Å². The number of hydrogen-bond donors (Lipinski definition) is 2. The van der Waals surface area contributed by atoms with Crippen LogP contribution in [0.2, 0.25) is 0 Å². The lowest BCUT2D eigenvalue weighted by Crippen LogP contribution is -2.21. The second-order valence-corrected chi connectivity index (χ2v) is 6.74. The van der Waals surface area contributed by atoms with Gasteiger partial charge in [-0.2, -0.15) is 0 Å².